The molecule has 0 bridgehead atoms. The van der Waals surface area contributed by atoms with Crippen LogP contribution in [0.2, 0.25) is 0 Å². The molecule has 0 radical (unpaired) electrons. The number of anilines is 1. The highest BCUT2D eigenvalue weighted by Gasteiger charge is 2.28. The van der Waals surface area contributed by atoms with Crippen LogP contribution >= 0.6 is 0 Å². The minimum absolute atomic E-state index is 0.000123. The standard InChI is InChI=1S/C25H24F3N5O3/c1-15-9-17(14-30-13-15)33-24(34)19(10-16-11-20(26)22(28)21(27)12-16)23(32(8-5-29)25(33)35)31-6-3-18(36-2)4-7-31/h9,11-14,18H,3-4,6-8,10H2,1-2H3. The zero-order chi connectivity index (χ0) is 26.0. The predicted molar refractivity (Wildman–Crippen MR) is 126 cm³/mol. The van der Waals surface area contributed by atoms with Crippen LogP contribution in [0, 0.1) is 35.7 Å². The molecule has 3 aromatic rings. The molecule has 0 unspecified atom stereocenters. The van der Waals surface area contributed by atoms with Crippen LogP contribution in [0.1, 0.15) is 29.5 Å². The summed E-state index contributed by atoms with van der Waals surface area (Å²) in [7, 11) is 1.60. The van der Waals surface area contributed by atoms with Crippen molar-refractivity contribution in [3.8, 4) is 11.8 Å². The Bertz CT molecular complexity index is 1430. The smallest absolute Gasteiger partial charge is 0.338 e. The lowest BCUT2D eigenvalue weighted by molar-refractivity contribution is 0.0816. The third-order valence-corrected chi connectivity index (χ3v) is 6.26. The van der Waals surface area contributed by atoms with Crippen molar-refractivity contribution < 1.29 is 17.9 Å². The summed E-state index contributed by atoms with van der Waals surface area (Å²) in [5.41, 5.74) is -0.506. The van der Waals surface area contributed by atoms with E-state index in [1.807, 2.05) is 6.07 Å². The number of rotatable bonds is 6. The van der Waals surface area contributed by atoms with Gasteiger partial charge in [0, 0.05) is 32.8 Å². The fourth-order valence-electron chi connectivity index (χ4n) is 4.53. The number of pyridine rings is 1. The molecule has 1 aromatic carbocycles. The molecule has 4 rings (SSSR count). The summed E-state index contributed by atoms with van der Waals surface area (Å²) in [6, 6.07) is 5.19. The van der Waals surface area contributed by atoms with E-state index in [-0.39, 0.29) is 41.7 Å². The maximum Gasteiger partial charge on any atom is 0.338 e. The van der Waals surface area contributed by atoms with Gasteiger partial charge >= 0.3 is 5.69 Å². The molecular weight excluding hydrogens is 475 g/mol. The van der Waals surface area contributed by atoms with Gasteiger partial charge in [0.1, 0.15) is 12.4 Å². The summed E-state index contributed by atoms with van der Waals surface area (Å²) >= 11 is 0. The first-order valence-corrected chi connectivity index (χ1v) is 11.3. The molecular formula is C25H24F3N5O3. The van der Waals surface area contributed by atoms with Gasteiger partial charge in [0.25, 0.3) is 5.56 Å². The Morgan fingerprint density at radius 2 is 1.78 bits per heavy atom. The lowest BCUT2D eigenvalue weighted by Gasteiger charge is -2.35. The Balaban J connectivity index is 1.99. The number of hydrogen-bond donors (Lipinski definition) is 0. The summed E-state index contributed by atoms with van der Waals surface area (Å²) in [5, 5.41) is 9.52. The number of hydrogen-bond acceptors (Lipinski definition) is 6. The molecule has 0 saturated carbocycles. The van der Waals surface area contributed by atoms with Crippen molar-refractivity contribution in [3.63, 3.8) is 0 Å². The van der Waals surface area contributed by atoms with Gasteiger partial charge in [-0.05, 0) is 49.1 Å². The van der Waals surface area contributed by atoms with Crippen LogP contribution in [0.4, 0.5) is 19.0 Å². The fraction of sp³-hybridized carbons (Fsp3) is 0.360. The largest absolute Gasteiger partial charge is 0.381 e. The molecule has 188 valence electrons. The van der Waals surface area contributed by atoms with Crippen LogP contribution in [-0.2, 0) is 17.7 Å². The molecule has 11 heteroatoms. The van der Waals surface area contributed by atoms with Crippen LogP contribution < -0.4 is 16.1 Å². The van der Waals surface area contributed by atoms with E-state index in [1.54, 1.807) is 31.2 Å². The second kappa shape index (κ2) is 10.4. The lowest BCUT2D eigenvalue weighted by atomic mass is 10.0. The Hall–Kier alpha value is -3.91. The highest BCUT2D eigenvalue weighted by atomic mass is 19.2. The quantitative estimate of drug-likeness (QED) is 0.485. The molecule has 1 aliphatic heterocycles. The zero-order valence-corrected chi connectivity index (χ0v) is 19.8. The van der Waals surface area contributed by atoms with Crippen molar-refractivity contribution in [1.29, 1.82) is 5.26 Å². The maximum atomic E-state index is 14.0. The van der Waals surface area contributed by atoms with Crippen LogP contribution in [-0.4, -0.2) is 40.4 Å². The molecule has 0 N–H and O–H groups in total. The van der Waals surface area contributed by atoms with Gasteiger partial charge in [-0.15, -0.1) is 0 Å². The first kappa shape index (κ1) is 25.2. The molecule has 1 saturated heterocycles. The summed E-state index contributed by atoms with van der Waals surface area (Å²) < 4.78 is 49.1. The van der Waals surface area contributed by atoms with E-state index in [9.17, 15) is 28.0 Å². The Kier molecular flexibility index (Phi) is 7.26. The normalized spacial score (nSPS) is 14.2. The van der Waals surface area contributed by atoms with Crippen molar-refractivity contribution in [1.82, 2.24) is 14.1 Å². The van der Waals surface area contributed by atoms with Crippen molar-refractivity contribution in [2.45, 2.75) is 38.8 Å². The molecule has 36 heavy (non-hydrogen) atoms. The predicted octanol–water partition coefficient (Wildman–Crippen LogP) is 2.85. The highest BCUT2D eigenvalue weighted by molar-refractivity contribution is 5.51. The monoisotopic (exact) mass is 499 g/mol. The van der Waals surface area contributed by atoms with Crippen LogP contribution in [0.5, 0.6) is 0 Å². The molecule has 0 spiro atoms. The summed E-state index contributed by atoms with van der Waals surface area (Å²) in [6.45, 7) is 2.24. The Labute approximate surface area is 204 Å². The lowest BCUT2D eigenvalue weighted by Crippen LogP contribution is -2.47. The number of aryl methyl sites for hydroxylation is 1. The minimum Gasteiger partial charge on any atom is -0.381 e. The number of piperidine rings is 1. The first-order chi connectivity index (χ1) is 17.2. The van der Waals surface area contributed by atoms with Gasteiger partial charge in [0.05, 0.1) is 29.6 Å². The van der Waals surface area contributed by atoms with E-state index >= 15 is 0 Å². The molecule has 0 atom stereocenters. The molecule has 1 aliphatic rings. The van der Waals surface area contributed by atoms with Crippen molar-refractivity contribution in [2.24, 2.45) is 0 Å². The number of nitrogens with zero attached hydrogens (tertiary/aromatic N) is 5. The number of halogens is 3. The number of benzene rings is 1. The van der Waals surface area contributed by atoms with Crippen LogP contribution in [0.15, 0.2) is 40.2 Å². The van der Waals surface area contributed by atoms with Crippen LogP contribution in [0.25, 0.3) is 5.69 Å². The van der Waals surface area contributed by atoms with E-state index < -0.39 is 28.7 Å². The third-order valence-electron chi connectivity index (χ3n) is 6.26. The van der Waals surface area contributed by atoms with Gasteiger partial charge in [0.15, 0.2) is 17.5 Å². The molecule has 8 nitrogen and oxygen atoms in total. The molecule has 0 aliphatic carbocycles. The Morgan fingerprint density at radius 1 is 1.11 bits per heavy atom. The number of ether oxygens (including phenoxy) is 1. The van der Waals surface area contributed by atoms with Gasteiger partial charge in [0.2, 0.25) is 0 Å². The van der Waals surface area contributed by atoms with Crippen molar-refractivity contribution in [3.05, 3.63) is 85.6 Å². The van der Waals surface area contributed by atoms with E-state index in [2.05, 4.69) is 4.98 Å². The van der Waals surface area contributed by atoms with Gasteiger partial charge in [-0.25, -0.2) is 22.5 Å². The SMILES string of the molecule is COC1CCN(c2c(Cc3cc(F)c(F)c(F)c3)c(=O)n(-c3cncc(C)c3)c(=O)n2CC#N)CC1. The third kappa shape index (κ3) is 4.77. The maximum absolute atomic E-state index is 14.0. The minimum atomic E-state index is -1.61. The van der Waals surface area contributed by atoms with E-state index in [4.69, 9.17) is 4.74 Å². The van der Waals surface area contributed by atoms with Gasteiger partial charge < -0.3 is 9.64 Å². The van der Waals surface area contributed by atoms with E-state index in [0.717, 1.165) is 16.7 Å². The fourth-order valence-corrected chi connectivity index (χ4v) is 4.53. The summed E-state index contributed by atoms with van der Waals surface area (Å²) in [5.74, 6) is -4.19. The summed E-state index contributed by atoms with van der Waals surface area (Å²) in [4.78, 5) is 33.2. The molecule has 0 amide bonds. The van der Waals surface area contributed by atoms with Gasteiger partial charge in [-0.2, -0.15) is 5.26 Å². The average Bonchev–Trinajstić information content (AvgIpc) is 2.86. The number of nitriles is 1. The molecule has 1 fully saturated rings. The molecule has 3 heterocycles. The highest BCUT2D eigenvalue weighted by Crippen LogP contribution is 2.26. The topological polar surface area (TPSA) is 93.2 Å². The summed E-state index contributed by atoms with van der Waals surface area (Å²) in [6.07, 6.45) is 3.83. The van der Waals surface area contributed by atoms with Crippen LogP contribution in [0.3, 0.4) is 0 Å². The van der Waals surface area contributed by atoms with Gasteiger partial charge in [-0.3, -0.25) is 14.3 Å². The Morgan fingerprint density at radius 3 is 2.36 bits per heavy atom. The van der Waals surface area contributed by atoms with Crippen molar-refractivity contribution in [2.75, 3.05) is 25.1 Å². The first-order valence-electron chi connectivity index (χ1n) is 11.3. The van der Waals surface area contributed by atoms with Gasteiger partial charge in [-0.1, -0.05) is 0 Å². The van der Waals surface area contributed by atoms with E-state index in [1.165, 1.54) is 10.8 Å². The second-order valence-electron chi connectivity index (χ2n) is 8.66. The number of aromatic nitrogens is 3. The van der Waals surface area contributed by atoms with E-state index in [0.29, 0.717) is 31.5 Å². The second-order valence-corrected chi connectivity index (χ2v) is 8.66. The number of methoxy groups -OCH3 is 1. The molecule has 2 aromatic heterocycles. The van der Waals surface area contributed by atoms with Crippen molar-refractivity contribution >= 4 is 5.82 Å². The average molecular weight is 499 g/mol. The zero-order valence-electron chi connectivity index (χ0n) is 19.8.